The minimum Gasteiger partial charge on any atom is -0.298 e. The van der Waals surface area contributed by atoms with Gasteiger partial charge in [0.2, 0.25) is 0 Å². The second kappa shape index (κ2) is 3.47. The van der Waals surface area contributed by atoms with Crippen molar-refractivity contribution in [1.29, 1.82) is 0 Å². The van der Waals surface area contributed by atoms with Gasteiger partial charge in [-0.25, -0.2) is 4.39 Å². The predicted molar refractivity (Wildman–Crippen MR) is 46.5 cm³/mol. The molecule has 1 aromatic carbocycles. The first kappa shape index (κ1) is 9.58. The summed E-state index contributed by atoms with van der Waals surface area (Å²) in [7, 11) is 0. The van der Waals surface area contributed by atoms with Crippen molar-refractivity contribution in [1.82, 2.24) is 0 Å². The molecule has 0 aliphatic heterocycles. The highest BCUT2D eigenvalue weighted by Crippen LogP contribution is 2.15. The lowest BCUT2D eigenvalue weighted by molar-refractivity contribution is 0.101. The second-order valence-electron chi connectivity index (χ2n) is 2.87. The Hall–Kier alpha value is -1.51. The van der Waals surface area contributed by atoms with Gasteiger partial charge in [-0.2, -0.15) is 0 Å². The molecule has 3 heteroatoms. The van der Waals surface area contributed by atoms with Crippen LogP contribution in [0.25, 0.3) is 0 Å². The van der Waals surface area contributed by atoms with Crippen molar-refractivity contribution < 1.29 is 14.0 Å². The SMILES string of the molecule is CC(=O)c1c(C)cc(C=O)cc1F. The molecule has 13 heavy (non-hydrogen) atoms. The monoisotopic (exact) mass is 180 g/mol. The Kier molecular flexibility index (Phi) is 2.56. The van der Waals surface area contributed by atoms with E-state index < -0.39 is 5.82 Å². The maximum absolute atomic E-state index is 13.2. The Labute approximate surface area is 75.4 Å². The molecule has 1 aromatic rings. The number of benzene rings is 1. The first-order chi connectivity index (χ1) is 6.06. The van der Waals surface area contributed by atoms with Gasteiger partial charge < -0.3 is 0 Å². The minimum absolute atomic E-state index is 0.0607. The summed E-state index contributed by atoms with van der Waals surface area (Å²) in [6, 6.07) is 2.56. The van der Waals surface area contributed by atoms with Crippen LogP contribution in [0.4, 0.5) is 4.39 Å². The molecule has 0 radical (unpaired) electrons. The van der Waals surface area contributed by atoms with Crippen LogP contribution < -0.4 is 0 Å². The van der Waals surface area contributed by atoms with Crippen molar-refractivity contribution in [2.45, 2.75) is 13.8 Å². The number of rotatable bonds is 2. The number of Topliss-reactive ketones (excluding diaryl/α,β-unsaturated/α-hetero) is 1. The second-order valence-corrected chi connectivity index (χ2v) is 2.87. The number of aldehydes is 1. The fraction of sp³-hybridized carbons (Fsp3) is 0.200. The van der Waals surface area contributed by atoms with Crippen molar-refractivity contribution in [2.24, 2.45) is 0 Å². The molecule has 1 rings (SSSR count). The average molecular weight is 180 g/mol. The van der Waals surface area contributed by atoms with Gasteiger partial charge in [0.1, 0.15) is 12.1 Å². The Morgan fingerprint density at radius 3 is 2.46 bits per heavy atom. The molecule has 2 nitrogen and oxygen atoms in total. The van der Waals surface area contributed by atoms with Crippen molar-refractivity contribution in [3.8, 4) is 0 Å². The van der Waals surface area contributed by atoms with Gasteiger partial charge in [-0.15, -0.1) is 0 Å². The third kappa shape index (κ3) is 1.80. The Balaban J connectivity index is 3.39. The zero-order valence-electron chi connectivity index (χ0n) is 7.43. The molecule has 0 saturated heterocycles. The highest BCUT2D eigenvalue weighted by Gasteiger charge is 2.11. The molecule has 0 heterocycles. The molecule has 0 N–H and O–H groups in total. The molecule has 0 bridgehead atoms. The van der Waals surface area contributed by atoms with E-state index in [-0.39, 0.29) is 16.9 Å². The Morgan fingerprint density at radius 2 is 2.08 bits per heavy atom. The molecule has 0 atom stereocenters. The highest BCUT2D eigenvalue weighted by atomic mass is 19.1. The summed E-state index contributed by atoms with van der Waals surface area (Å²) >= 11 is 0. The average Bonchev–Trinajstić information content (AvgIpc) is 2.02. The molecule has 0 aliphatic rings. The first-order valence-electron chi connectivity index (χ1n) is 3.82. The summed E-state index contributed by atoms with van der Waals surface area (Å²) < 4.78 is 13.2. The van der Waals surface area contributed by atoms with E-state index in [2.05, 4.69) is 0 Å². The van der Waals surface area contributed by atoms with Crippen molar-refractivity contribution >= 4 is 12.1 Å². The number of halogens is 1. The van der Waals surface area contributed by atoms with Crippen LogP contribution >= 0.6 is 0 Å². The lowest BCUT2D eigenvalue weighted by Gasteiger charge is -2.03. The fourth-order valence-electron chi connectivity index (χ4n) is 1.28. The zero-order valence-corrected chi connectivity index (χ0v) is 7.43. The van der Waals surface area contributed by atoms with E-state index in [1.807, 2.05) is 0 Å². The highest BCUT2D eigenvalue weighted by molar-refractivity contribution is 5.96. The van der Waals surface area contributed by atoms with E-state index in [9.17, 15) is 14.0 Å². The molecule has 0 spiro atoms. The van der Waals surface area contributed by atoms with Gasteiger partial charge in [0.25, 0.3) is 0 Å². The number of hydrogen-bond donors (Lipinski definition) is 0. The molecule has 0 fully saturated rings. The van der Waals surface area contributed by atoms with Crippen LogP contribution in [0.5, 0.6) is 0 Å². The van der Waals surface area contributed by atoms with Gasteiger partial charge in [-0.1, -0.05) is 0 Å². The maximum Gasteiger partial charge on any atom is 0.163 e. The fourth-order valence-corrected chi connectivity index (χ4v) is 1.28. The number of aryl methyl sites for hydroxylation is 1. The number of hydrogen-bond acceptors (Lipinski definition) is 2. The molecular weight excluding hydrogens is 171 g/mol. The predicted octanol–water partition coefficient (Wildman–Crippen LogP) is 2.15. The smallest absolute Gasteiger partial charge is 0.163 e. The van der Waals surface area contributed by atoms with E-state index in [0.717, 1.165) is 6.07 Å². The largest absolute Gasteiger partial charge is 0.298 e. The van der Waals surface area contributed by atoms with E-state index in [0.29, 0.717) is 11.8 Å². The normalized spacial score (nSPS) is 9.77. The van der Waals surface area contributed by atoms with Crippen molar-refractivity contribution in [3.05, 3.63) is 34.6 Å². The van der Waals surface area contributed by atoms with E-state index in [4.69, 9.17) is 0 Å². The van der Waals surface area contributed by atoms with E-state index in [1.54, 1.807) is 6.92 Å². The molecular formula is C10H9FO2. The van der Waals surface area contributed by atoms with Crippen LogP contribution in [-0.4, -0.2) is 12.1 Å². The molecule has 68 valence electrons. The minimum atomic E-state index is -0.630. The number of carbonyl (C=O) groups is 2. The number of carbonyl (C=O) groups excluding carboxylic acids is 2. The summed E-state index contributed by atoms with van der Waals surface area (Å²) in [5.74, 6) is -0.956. The Morgan fingerprint density at radius 1 is 1.46 bits per heavy atom. The van der Waals surface area contributed by atoms with Gasteiger partial charge in [0.15, 0.2) is 5.78 Å². The summed E-state index contributed by atoms with van der Waals surface area (Å²) in [5, 5.41) is 0. The molecule has 0 aromatic heterocycles. The quantitative estimate of drug-likeness (QED) is 0.516. The third-order valence-electron chi connectivity index (χ3n) is 1.80. The summed E-state index contributed by atoms with van der Waals surface area (Å²) in [4.78, 5) is 21.3. The lowest BCUT2D eigenvalue weighted by atomic mass is 10.0. The Bertz CT molecular complexity index is 346. The number of ketones is 1. The van der Waals surface area contributed by atoms with Crippen LogP contribution in [0.15, 0.2) is 12.1 Å². The van der Waals surface area contributed by atoms with Crippen LogP contribution in [0, 0.1) is 12.7 Å². The zero-order chi connectivity index (χ0) is 10.0. The van der Waals surface area contributed by atoms with Crippen molar-refractivity contribution in [2.75, 3.05) is 0 Å². The van der Waals surface area contributed by atoms with E-state index >= 15 is 0 Å². The topological polar surface area (TPSA) is 34.1 Å². The van der Waals surface area contributed by atoms with Gasteiger partial charge in [-0.3, -0.25) is 9.59 Å². The first-order valence-corrected chi connectivity index (χ1v) is 3.82. The lowest BCUT2D eigenvalue weighted by Crippen LogP contribution is -2.02. The molecule has 0 unspecified atom stereocenters. The van der Waals surface area contributed by atoms with Crippen LogP contribution in [-0.2, 0) is 0 Å². The summed E-state index contributed by atoms with van der Waals surface area (Å²) in [6.45, 7) is 2.90. The van der Waals surface area contributed by atoms with Crippen LogP contribution in [0.2, 0.25) is 0 Å². The molecule has 0 saturated carbocycles. The van der Waals surface area contributed by atoms with Crippen LogP contribution in [0.3, 0.4) is 0 Å². The standard InChI is InChI=1S/C10H9FO2/c1-6-3-8(5-12)4-9(11)10(6)7(2)13/h3-5H,1-2H3. The maximum atomic E-state index is 13.2. The third-order valence-corrected chi connectivity index (χ3v) is 1.80. The van der Waals surface area contributed by atoms with Gasteiger partial charge in [0, 0.05) is 5.56 Å². The summed E-state index contributed by atoms with van der Waals surface area (Å²) in [6.07, 6.45) is 0.556. The van der Waals surface area contributed by atoms with Gasteiger partial charge in [0.05, 0.1) is 5.56 Å². The summed E-state index contributed by atoms with van der Waals surface area (Å²) in [5.41, 5.74) is 0.806. The van der Waals surface area contributed by atoms with E-state index in [1.165, 1.54) is 13.0 Å². The molecule has 0 amide bonds. The van der Waals surface area contributed by atoms with Crippen LogP contribution in [0.1, 0.15) is 33.2 Å². The van der Waals surface area contributed by atoms with Gasteiger partial charge >= 0.3 is 0 Å². The van der Waals surface area contributed by atoms with Crippen molar-refractivity contribution in [3.63, 3.8) is 0 Å². The van der Waals surface area contributed by atoms with Gasteiger partial charge in [-0.05, 0) is 31.5 Å². The molecule has 0 aliphatic carbocycles.